The van der Waals surface area contributed by atoms with Gasteiger partial charge in [0.2, 0.25) is 6.33 Å². The van der Waals surface area contributed by atoms with Crippen molar-refractivity contribution in [2.45, 2.75) is 6.54 Å². The molecule has 1 heterocycles. The van der Waals surface area contributed by atoms with Crippen molar-refractivity contribution in [3.8, 4) is 0 Å². The predicted octanol–water partition coefficient (Wildman–Crippen LogP) is 1.15. The van der Waals surface area contributed by atoms with Crippen LogP contribution in [-0.4, -0.2) is 10.1 Å². The third kappa shape index (κ3) is 5.21. The van der Waals surface area contributed by atoms with Crippen LogP contribution in [-0.2, 0) is 6.54 Å². The number of H-pyrrole nitrogens is 1. The lowest BCUT2D eigenvalue weighted by molar-refractivity contribution is -0.685. The second kappa shape index (κ2) is 6.86. The van der Waals surface area contributed by atoms with Gasteiger partial charge >= 0.3 is 0 Å². The van der Waals surface area contributed by atoms with E-state index in [1.807, 2.05) is 29.4 Å². The highest BCUT2D eigenvalue weighted by Crippen LogP contribution is 1.68. The summed E-state index contributed by atoms with van der Waals surface area (Å²) in [5.41, 5.74) is 0. The molecule has 0 unspecified atom stereocenters. The lowest BCUT2D eigenvalue weighted by atomic mass is 10.6. The van der Waals surface area contributed by atoms with Crippen molar-refractivity contribution in [1.82, 2.24) is 4.98 Å². The summed E-state index contributed by atoms with van der Waals surface area (Å²) in [4.78, 5) is 2.93. The molecule has 1 rings (SSSR count). The standard InChI is InChI=1S/C6H8N2.CNS/c1-2-4-8-5-3-7-6-8;2-1-3/h2-3,5-6H,1,4H2;/q;-1/p+1. The average Bonchev–Trinajstić information content (AvgIpc) is 2.42. The summed E-state index contributed by atoms with van der Waals surface area (Å²) in [6, 6.07) is 0. The second-order valence-corrected chi connectivity index (χ2v) is 1.87. The van der Waals surface area contributed by atoms with Gasteiger partial charge in [0.25, 0.3) is 0 Å². The molecule has 1 aromatic rings. The van der Waals surface area contributed by atoms with Gasteiger partial charge in [-0.2, -0.15) is 5.16 Å². The zero-order valence-corrected chi connectivity index (χ0v) is 6.84. The van der Waals surface area contributed by atoms with Crippen LogP contribution < -0.4 is 4.57 Å². The van der Waals surface area contributed by atoms with Crippen LogP contribution in [0.15, 0.2) is 31.4 Å². The molecule has 1 aromatic heterocycles. The van der Waals surface area contributed by atoms with Crippen molar-refractivity contribution in [3.63, 3.8) is 0 Å². The number of imidazole rings is 1. The number of hydrogen-bond donors (Lipinski definition) is 1. The fraction of sp³-hybridized carbons (Fsp3) is 0.143. The van der Waals surface area contributed by atoms with Crippen molar-refractivity contribution in [1.29, 1.82) is 0 Å². The summed E-state index contributed by atoms with van der Waals surface area (Å²) in [6.07, 6.45) is 7.58. The molecule has 0 saturated carbocycles. The monoisotopic (exact) mass is 167 g/mol. The Balaban J connectivity index is 0.000000292. The summed E-state index contributed by atoms with van der Waals surface area (Å²) >= 11 is 3.70. The minimum absolute atomic E-state index is 0.878. The molecule has 0 saturated heterocycles. The number of allylic oxidation sites excluding steroid dienone is 1. The summed E-state index contributed by atoms with van der Waals surface area (Å²) in [5, 5.41) is 8.47. The highest BCUT2D eigenvalue weighted by atomic mass is 32.1. The summed E-state index contributed by atoms with van der Waals surface area (Å²) in [7, 11) is 0. The van der Waals surface area contributed by atoms with Gasteiger partial charge in [-0.05, 0) is 0 Å². The molecule has 11 heavy (non-hydrogen) atoms. The van der Waals surface area contributed by atoms with E-state index in [2.05, 4.69) is 23.8 Å². The van der Waals surface area contributed by atoms with Gasteiger partial charge < -0.3 is 5.41 Å². The van der Waals surface area contributed by atoms with E-state index in [1.54, 1.807) is 0 Å². The molecule has 1 N–H and O–H groups in total. The highest BCUT2D eigenvalue weighted by Gasteiger charge is 1.87. The molecule has 3 nitrogen and oxygen atoms in total. The first-order valence-electron chi connectivity index (χ1n) is 2.99. The highest BCUT2D eigenvalue weighted by molar-refractivity contribution is 7.78. The predicted molar refractivity (Wildman–Crippen MR) is 47.1 cm³/mol. The smallest absolute Gasteiger partial charge is 0.241 e. The number of hydrogen-bond acceptors (Lipinski definition) is 1. The van der Waals surface area contributed by atoms with E-state index in [9.17, 15) is 0 Å². The molecule has 0 spiro atoms. The quantitative estimate of drug-likeness (QED) is 0.305. The van der Waals surface area contributed by atoms with Crippen LogP contribution in [0.25, 0.3) is 5.41 Å². The molecule has 0 aromatic carbocycles. The Kier molecular flexibility index (Phi) is 6.08. The average molecular weight is 167 g/mol. The molecule has 4 heteroatoms. The van der Waals surface area contributed by atoms with Crippen molar-refractivity contribution < 1.29 is 4.57 Å². The lowest BCUT2D eigenvalue weighted by Gasteiger charge is -1.81. The fourth-order valence-electron chi connectivity index (χ4n) is 0.583. The Morgan fingerprint density at radius 2 is 2.45 bits per heavy atom. The Labute approximate surface area is 70.9 Å². The normalized spacial score (nSPS) is 7.27. The van der Waals surface area contributed by atoms with Crippen molar-refractivity contribution in [2.24, 2.45) is 0 Å². The molecular formula is C7H9N3S. The van der Waals surface area contributed by atoms with Gasteiger partial charge in [0.15, 0.2) is 0 Å². The molecule has 0 aliphatic carbocycles. The van der Waals surface area contributed by atoms with Crippen LogP contribution in [0.4, 0.5) is 0 Å². The molecule has 0 aliphatic rings. The van der Waals surface area contributed by atoms with Gasteiger partial charge in [0, 0.05) is 0 Å². The van der Waals surface area contributed by atoms with Crippen molar-refractivity contribution in [2.75, 3.05) is 0 Å². The van der Waals surface area contributed by atoms with E-state index in [0.29, 0.717) is 0 Å². The third-order valence-corrected chi connectivity index (χ3v) is 0.943. The molecule has 0 radical (unpaired) electrons. The van der Waals surface area contributed by atoms with E-state index in [-0.39, 0.29) is 0 Å². The van der Waals surface area contributed by atoms with Gasteiger partial charge in [-0.3, -0.25) is 4.98 Å². The first-order valence-corrected chi connectivity index (χ1v) is 3.40. The molecule has 0 fully saturated rings. The molecular weight excluding hydrogens is 158 g/mol. The zero-order chi connectivity index (χ0) is 8.53. The number of nitrogens with zero attached hydrogens (tertiary/aromatic N) is 2. The van der Waals surface area contributed by atoms with E-state index in [1.165, 1.54) is 5.16 Å². The largest absolute Gasteiger partial charge is 0.753 e. The van der Waals surface area contributed by atoms with Crippen LogP contribution in [0.5, 0.6) is 0 Å². The van der Waals surface area contributed by atoms with Crippen molar-refractivity contribution in [3.05, 3.63) is 36.8 Å². The first kappa shape index (κ1) is 9.75. The lowest BCUT2D eigenvalue weighted by Crippen LogP contribution is -2.28. The van der Waals surface area contributed by atoms with E-state index >= 15 is 0 Å². The topological polar surface area (TPSA) is 42.0 Å². The Morgan fingerprint density at radius 1 is 1.82 bits per heavy atom. The maximum atomic E-state index is 7.13. The summed E-state index contributed by atoms with van der Waals surface area (Å²) in [5.74, 6) is 0. The van der Waals surface area contributed by atoms with Gasteiger partial charge in [0.1, 0.15) is 18.9 Å². The number of thiocarbonyl (C=S) groups is 1. The number of isothiocyanates is 1. The van der Waals surface area contributed by atoms with Crippen LogP contribution in [0.2, 0.25) is 0 Å². The SMILES string of the molecule is C=CC[n+]1cc[nH]c1.[N-]=C=S. The fourth-order valence-corrected chi connectivity index (χ4v) is 0.583. The zero-order valence-electron chi connectivity index (χ0n) is 6.03. The minimum Gasteiger partial charge on any atom is -0.753 e. The van der Waals surface area contributed by atoms with Crippen molar-refractivity contribution >= 4 is 17.4 Å². The van der Waals surface area contributed by atoms with E-state index in [4.69, 9.17) is 5.41 Å². The third-order valence-electron chi connectivity index (χ3n) is 0.943. The Hall–Kier alpha value is -1.25. The van der Waals surface area contributed by atoms with Crippen LogP contribution >= 0.6 is 12.2 Å². The molecule has 58 valence electrons. The maximum absolute atomic E-state index is 7.13. The van der Waals surface area contributed by atoms with Crippen LogP contribution in [0.3, 0.4) is 0 Å². The van der Waals surface area contributed by atoms with Gasteiger partial charge in [-0.1, -0.05) is 24.9 Å². The summed E-state index contributed by atoms with van der Waals surface area (Å²) < 4.78 is 2.01. The summed E-state index contributed by atoms with van der Waals surface area (Å²) in [6.45, 7) is 4.48. The maximum Gasteiger partial charge on any atom is 0.241 e. The van der Waals surface area contributed by atoms with Gasteiger partial charge in [-0.15, -0.1) is 0 Å². The van der Waals surface area contributed by atoms with Gasteiger partial charge in [0.05, 0.1) is 0 Å². The number of rotatable bonds is 2. The number of nitrogens with one attached hydrogen (secondary N) is 1. The van der Waals surface area contributed by atoms with E-state index < -0.39 is 0 Å². The van der Waals surface area contributed by atoms with Crippen LogP contribution in [0.1, 0.15) is 0 Å². The molecule has 0 bridgehead atoms. The first-order chi connectivity index (χ1) is 5.35. The Bertz CT molecular complexity index is 222. The molecule has 0 atom stereocenters. The Morgan fingerprint density at radius 3 is 2.82 bits per heavy atom. The second-order valence-electron chi connectivity index (χ2n) is 1.69. The molecule has 0 amide bonds. The number of aromatic nitrogens is 2. The van der Waals surface area contributed by atoms with Crippen LogP contribution in [0, 0.1) is 0 Å². The van der Waals surface area contributed by atoms with Gasteiger partial charge in [-0.25, -0.2) is 4.57 Å². The molecule has 0 aliphatic heterocycles. The minimum atomic E-state index is 0.878. The van der Waals surface area contributed by atoms with E-state index in [0.717, 1.165) is 6.54 Å². The number of aromatic amines is 1.